The Balaban J connectivity index is 1.70. The zero-order chi connectivity index (χ0) is 17.0. The largest absolute Gasteiger partial charge is 0.444 e. The molecule has 0 radical (unpaired) electrons. The van der Waals surface area contributed by atoms with Crippen LogP contribution in [0.1, 0.15) is 32.9 Å². The van der Waals surface area contributed by atoms with E-state index in [2.05, 4.69) is 15.6 Å². The first-order valence-corrected chi connectivity index (χ1v) is 8.57. The lowest BCUT2D eigenvalue weighted by Gasteiger charge is -2.40. The second-order valence-electron chi connectivity index (χ2n) is 6.49. The summed E-state index contributed by atoms with van der Waals surface area (Å²) in [5, 5.41) is 8.79. The van der Waals surface area contributed by atoms with Gasteiger partial charge in [-0.1, -0.05) is 0 Å². The van der Waals surface area contributed by atoms with Crippen LogP contribution in [0.3, 0.4) is 0 Å². The van der Waals surface area contributed by atoms with Gasteiger partial charge in [0, 0.05) is 25.0 Å². The average molecular weight is 340 g/mol. The normalized spacial score (nSPS) is 17.4. The number of rotatable bonds is 5. The predicted octanol–water partition coefficient (Wildman–Crippen LogP) is 1.99. The van der Waals surface area contributed by atoms with Crippen LogP contribution in [-0.2, 0) is 9.53 Å². The van der Waals surface area contributed by atoms with Gasteiger partial charge in [0.25, 0.3) is 0 Å². The fourth-order valence-corrected chi connectivity index (χ4v) is 2.82. The number of thiazole rings is 1. The number of likely N-dealkylation sites (tertiary alicyclic amines) is 1. The first kappa shape index (κ1) is 17.5. The zero-order valence-corrected chi connectivity index (χ0v) is 14.8. The number of aromatic nitrogens is 1. The number of hydrogen-bond acceptors (Lipinski definition) is 6. The van der Waals surface area contributed by atoms with Gasteiger partial charge in [0.1, 0.15) is 11.6 Å². The molecule has 2 heterocycles. The van der Waals surface area contributed by atoms with Crippen molar-refractivity contribution in [3.8, 4) is 0 Å². The Morgan fingerprint density at radius 2 is 2.17 bits per heavy atom. The van der Waals surface area contributed by atoms with E-state index in [4.69, 9.17) is 4.74 Å². The summed E-state index contributed by atoms with van der Waals surface area (Å²) in [6.45, 7) is 9.01. The van der Waals surface area contributed by atoms with Crippen molar-refractivity contribution < 1.29 is 14.3 Å². The van der Waals surface area contributed by atoms with Gasteiger partial charge in [-0.05, 0) is 34.1 Å². The maximum atomic E-state index is 12.1. The molecule has 7 nitrogen and oxygen atoms in total. The molecule has 0 unspecified atom stereocenters. The first-order chi connectivity index (χ1) is 10.8. The Morgan fingerprint density at radius 1 is 1.43 bits per heavy atom. The number of amides is 2. The minimum Gasteiger partial charge on any atom is -0.444 e. The highest BCUT2D eigenvalue weighted by atomic mass is 32.1. The third kappa shape index (κ3) is 5.09. The topological polar surface area (TPSA) is 83.6 Å². The van der Waals surface area contributed by atoms with E-state index in [-0.39, 0.29) is 5.91 Å². The highest BCUT2D eigenvalue weighted by molar-refractivity contribution is 7.13. The molecule has 8 heteroatoms. The fourth-order valence-electron chi connectivity index (χ4n) is 2.11. The van der Waals surface area contributed by atoms with Gasteiger partial charge in [0.2, 0.25) is 5.91 Å². The number of hydrogen-bond donors (Lipinski definition) is 2. The van der Waals surface area contributed by atoms with Crippen LogP contribution in [0.2, 0.25) is 0 Å². The second-order valence-corrected chi connectivity index (χ2v) is 7.35. The zero-order valence-electron chi connectivity index (χ0n) is 14.0. The lowest BCUT2D eigenvalue weighted by Crippen LogP contribution is -2.59. The third-order valence-corrected chi connectivity index (χ3v) is 4.19. The van der Waals surface area contributed by atoms with Crippen LogP contribution in [0, 0.1) is 6.92 Å². The molecular weight excluding hydrogens is 316 g/mol. The molecule has 0 bridgehead atoms. The van der Waals surface area contributed by atoms with Crippen LogP contribution in [0.25, 0.3) is 0 Å². The summed E-state index contributed by atoms with van der Waals surface area (Å²) in [6.07, 6.45) is 0.241. The molecule has 1 fully saturated rings. The SMILES string of the molecule is Cc1csc(NCCNC(=O)[C@H]2CCN2C(=O)OC(C)(C)C)n1. The van der Waals surface area contributed by atoms with E-state index in [1.54, 1.807) is 0 Å². The molecule has 1 aromatic heterocycles. The van der Waals surface area contributed by atoms with Gasteiger partial charge < -0.3 is 15.4 Å². The number of anilines is 1. The van der Waals surface area contributed by atoms with Gasteiger partial charge in [-0.25, -0.2) is 9.78 Å². The van der Waals surface area contributed by atoms with Crippen molar-refractivity contribution in [2.24, 2.45) is 0 Å². The van der Waals surface area contributed by atoms with Gasteiger partial charge in [0.15, 0.2) is 5.13 Å². The molecule has 1 aliphatic rings. The monoisotopic (exact) mass is 340 g/mol. The number of ether oxygens (including phenoxy) is 1. The molecule has 0 spiro atoms. The Labute approximate surface area is 140 Å². The molecule has 1 atom stereocenters. The average Bonchev–Trinajstić information content (AvgIpc) is 2.76. The molecule has 2 N–H and O–H groups in total. The van der Waals surface area contributed by atoms with Crippen LogP contribution in [0.4, 0.5) is 9.93 Å². The van der Waals surface area contributed by atoms with Crippen molar-refractivity contribution >= 4 is 28.5 Å². The molecular formula is C15H24N4O3S. The Kier molecular flexibility index (Phi) is 5.46. The Hall–Kier alpha value is -1.83. The molecule has 2 amide bonds. The summed E-state index contributed by atoms with van der Waals surface area (Å²) in [7, 11) is 0. The number of nitrogens with one attached hydrogen (secondary N) is 2. The molecule has 1 aliphatic heterocycles. The smallest absolute Gasteiger partial charge is 0.410 e. The summed E-state index contributed by atoms with van der Waals surface area (Å²) in [5.41, 5.74) is 0.424. The van der Waals surface area contributed by atoms with Crippen molar-refractivity contribution in [1.82, 2.24) is 15.2 Å². The van der Waals surface area contributed by atoms with E-state index in [9.17, 15) is 9.59 Å². The highest BCUT2D eigenvalue weighted by Crippen LogP contribution is 2.21. The van der Waals surface area contributed by atoms with Gasteiger partial charge >= 0.3 is 6.09 Å². The van der Waals surface area contributed by atoms with Crippen LogP contribution in [-0.4, -0.2) is 53.2 Å². The van der Waals surface area contributed by atoms with Crippen LogP contribution < -0.4 is 10.6 Å². The number of nitrogens with zero attached hydrogens (tertiary/aromatic N) is 2. The Bertz CT molecular complexity index is 567. The minimum atomic E-state index is -0.552. The predicted molar refractivity (Wildman–Crippen MR) is 89.7 cm³/mol. The molecule has 1 saturated heterocycles. The van der Waals surface area contributed by atoms with Crippen LogP contribution in [0.15, 0.2) is 5.38 Å². The van der Waals surface area contributed by atoms with Gasteiger partial charge in [-0.2, -0.15) is 0 Å². The van der Waals surface area contributed by atoms with Crippen molar-refractivity contribution in [3.63, 3.8) is 0 Å². The summed E-state index contributed by atoms with van der Waals surface area (Å²) in [6, 6.07) is -0.424. The maximum Gasteiger partial charge on any atom is 0.410 e. The van der Waals surface area contributed by atoms with Gasteiger partial charge in [-0.3, -0.25) is 9.69 Å². The molecule has 128 valence electrons. The second kappa shape index (κ2) is 7.16. The molecule has 0 aliphatic carbocycles. The van der Waals surface area contributed by atoms with Crippen LogP contribution >= 0.6 is 11.3 Å². The van der Waals surface area contributed by atoms with E-state index in [1.165, 1.54) is 16.2 Å². The van der Waals surface area contributed by atoms with E-state index in [0.29, 0.717) is 26.1 Å². The summed E-state index contributed by atoms with van der Waals surface area (Å²) in [4.78, 5) is 29.9. The molecule has 23 heavy (non-hydrogen) atoms. The van der Waals surface area contributed by atoms with Gasteiger partial charge in [0.05, 0.1) is 5.69 Å². The molecule has 1 aromatic rings. The van der Waals surface area contributed by atoms with Crippen molar-refractivity contribution in [1.29, 1.82) is 0 Å². The maximum absolute atomic E-state index is 12.1. The van der Waals surface area contributed by atoms with E-state index >= 15 is 0 Å². The van der Waals surface area contributed by atoms with Gasteiger partial charge in [-0.15, -0.1) is 11.3 Å². The molecule has 0 aromatic carbocycles. The molecule has 0 saturated carbocycles. The van der Waals surface area contributed by atoms with E-state index < -0.39 is 17.7 Å². The summed E-state index contributed by atoms with van der Waals surface area (Å²) in [5.74, 6) is -0.140. The van der Waals surface area contributed by atoms with Crippen LogP contribution in [0.5, 0.6) is 0 Å². The lowest BCUT2D eigenvalue weighted by molar-refractivity contribution is -0.130. The number of carbonyl (C=O) groups is 2. The van der Waals surface area contributed by atoms with Crippen molar-refractivity contribution in [2.75, 3.05) is 25.0 Å². The van der Waals surface area contributed by atoms with E-state index in [0.717, 1.165) is 10.8 Å². The van der Waals surface area contributed by atoms with Crippen molar-refractivity contribution in [3.05, 3.63) is 11.1 Å². The minimum absolute atomic E-state index is 0.140. The number of aryl methyl sites for hydroxylation is 1. The van der Waals surface area contributed by atoms with E-state index in [1.807, 2.05) is 33.1 Å². The Morgan fingerprint density at radius 3 is 2.70 bits per heavy atom. The fraction of sp³-hybridized carbons (Fsp3) is 0.667. The standard InChI is InChI=1S/C15H24N4O3S/c1-10-9-23-13(18-10)17-7-6-16-12(20)11-5-8-19(11)14(21)22-15(2,3)4/h9,11H,5-8H2,1-4H3,(H,16,20)(H,17,18)/t11-/m1/s1. The first-order valence-electron chi connectivity index (χ1n) is 7.69. The third-order valence-electron chi connectivity index (χ3n) is 3.27. The van der Waals surface area contributed by atoms with Crippen molar-refractivity contribution in [2.45, 2.75) is 45.8 Å². The summed E-state index contributed by atoms with van der Waals surface area (Å²) >= 11 is 1.54. The highest BCUT2D eigenvalue weighted by Gasteiger charge is 2.39. The quantitative estimate of drug-likeness (QED) is 0.801. The molecule has 2 rings (SSSR count). The number of carbonyl (C=O) groups excluding carboxylic acids is 2. The lowest BCUT2D eigenvalue weighted by atomic mass is 10.0. The summed E-state index contributed by atoms with van der Waals surface area (Å²) < 4.78 is 5.30.